The van der Waals surface area contributed by atoms with E-state index in [1.807, 2.05) is 13.8 Å². The first-order valence-electron chi connectivity index (χ1n) is 6.67. The van der Waals surface area contributed by atoms with Crippen LogP contribution in [0, 0.1) is 0 Å². The number of sulfonamides is 1. The van der Waals surface area contributed by atoms with Crippen LogP contribution >= 0.6 is 0 Å². The highest BCUT2D eigenvalue weighted by Gasteiger charge is 2.22. The number of hydrogen-bond acceptors (Lipinski definition) is 4. The van der Waals surface area contributed by atoms with Crippen LogP contribution in [0.4, 0.5) is 0 Å². The summed E-state index contributed by atoms with van der Waals surface area (Å²) in [6.07, 6.45) is 4.76. The van der Waals surface area contributed by atoms with E-state index >= 15 is 0 Å². The van der Waals surface area contributed by atoms with Gasteiger partial charge in [-0.05, 0) is 26.8 Å². The number of aromatic amines is 1. The van der Waals surface area contributed by atoms with Crippen LogP contribution in [-0.4, -0.2) is 28.3 Å². The van der Waals surface area contributed by atoms with E-state index < -0.39 is 16.1 Å². The third-order valence-electron chi connectivity index (χ3n) is 3.29. The fourth-order valence-corrected chi connectivity index (χ4v) is 3.40. The molecule has 7 nitrogen and oxygen atoms in total. The summed E-state index contributed by atoms with van der Waals surface area (Å²) in [6, 6.07) is 1.17. The van der Waals surface area contributed by atoms with Crippen LogP contribution in [-0.2, 0) is 16.6 Å². The van der Waals surface area contributed by atoms with Gasteiger partial charge in [-0.3, -0.25) is 5.10 Å². The van der Waals surface area contributed by atoms with E-state index in [0.29, 0.717) is 5.69 Å². The van der Waals surface area contributed by atoms with Crippen LogP contribution in [0.15, 0.2) is 29.6 Å². The van der Waals surface area contributed by atoms with Gasteiger partial charge in [-0.15, -0.1) is 0 Å². The van der Waals surface area contributed by atoms with Crippen molar-refractivity contribution in [2.45, 2.75) is 44.4 Å². The van der Waals surface area contributed by atoms with Crippen LogP contribution in [0.5, 0.6) is 0 Å². The summed E-state index contributed by atoms with van der Waals surface area (Å²) in [4.78, 5) is 0.149. The minimum atomic E-state index is -3.65. The maximum atomic E-state index is 12.4. The molecule has 0 amide bonds. The molecule has 8 heteroatoms. The molecule has 1 unspecified atom stereocenters. The summed E-state index contributed by atoms with van der Waals surface area (Å²) in [6.45, 7) is 5.40. The average Bonchev–Trinajstić information content (AvgIpc) is 3.07. The predicted octanol–water partition coefficient (Wildman–Crippen LogP) is 1.32. The molecule has 1 atom stereocenters. The Labute approximate surface area is 124 Å². The van der Waals surface area contributed by atoms with Gasteiger partial charge in [0.05, 0.1) is 12.8 Å². The van der Waals surface area contributed by atoms with Gasteiger partial charge in [-0.25, -0.2) is 13.1 Å². The number of aliphatic hydroxyl groups is 1. The molecule has 0 fully saturated rings. The third kappa shape index (κ3) is 3.34. The Morgan fingerprint density at radius 2 is 2.14 bits per heavy atom. The van der Waals surface area contributed by atoms with Gasteiger partial charge in [0, 0.05) is 35.7 Å². The van der Waals surface area contributed by atoms with Gasteiger partial charge in [0.2, 0.25) is 10.0 Å². The Morgan fingerprint density at radius 1 is 1.43 bits per heavy atom. The van der Waals surface area contributed by atoms with Crippen molar-refractivity contribution >= 4 is 10.0 Å². The lowest BCUT2D eigenvalue weighted by Crippen LogP contribution is -2.26. The van der Waals surface area contributed by atoms with Gasteiger partial charge in [0.25, 0.3) is 0 Å². The van der Waals surface area contributed by atoms with E-state index in [2.05, 4.69) is 14.9 Å². The Balaban J connectivity index is 2.27. The summed E-state index contributed by atoms with van der Waals surface area (Å²) < 4.78 is 29.2. The highest BCUT2D eigenvalue weighted by atomic mass is 32.2. The number of hydrogen-bond donors (Lipinski definition) is 3. The van der Waals surface area contributed by atoms with Crippen LogP contribution < -0.4 is 4.72 Å². The quantitative estimate of drug-likeness (QED) is 0.749. The van der Waals surface area contributed by atoms with Crippen molar-refractivity contribution < 1.29 is 13.5 Å². The van der Waals surface area contributed by atoms with Crippen molar-refractivity contribution in [3.8, 4) is 0 Å². The predicted molar refractivity (Wildman–Crippen MR) is 78.1 cm³/mol. The molecule has 0 aliphatic heterocycles. The molecule has 0 spiro atoms. The molecule has 2 aromatic rings. The summed E-state index contributed by atoms with van der Waals surface area (Å²) in [5.74, 6) is 0. The topological polar surface area (TPSA) is 100 Å². The number of nitrogens with zero attached hydrogens (tertiary/aromatic N) is 2. The van der Waals surface area contributed by atoms with Crippen molar-refractivity contribution in [1.29, 1.82) is 0 Å². The second-order valence-electron chi connectivity index (χ2n) is 5.20. The molecule has 0 radical (unpaired) electrons. The average molecular weight is 312 g/mol. The van der Waals surface area contributed by atoms with E-state index in [4.69, 9.17) is 0 Å². The van der Waals surface area contributed by atoms with Gasteiger partial charge in [0.1, 0.15) is 4.90 Å². The number of aromatic nitrogens is 3. The number of H-pyrrole nitrogens is 1. The maximum Gasteiger partial charge on any atom is 0.242 e. The molecule has 2 heterocycles. The SMILES string of the molecule is CC(NS(=O)(=O)c1cc(CO)n(C(C)C)c1)c1cn[nH]c1. The third-order valence-corrected chi connectivity index (χ3v) is 4.79. The summed E-state index contributed by atoms with van der Waals surface area (Å²) >= 11 is 0. The molecular weight excluding hydrogens is 292 g/mol. The fourth-order valence-electron chi connectivity index (χ4n) is 2.12. The standard InChI is InChI=1S/C13H20N4O3S/c1-9(2)17-7-13(4-12(17)8-18)21(19,20)16-10(3)11-5-14-15-6-11/h4-7,9-10,16,18H,8H2,1-3H3,(H,14,15). The summed E-state index contributed by atoms with van der Waals surface area (Å²) in [7, 11) is -3.65. The minimum absolute atomic E-state index is 0.0717. The number of nitrogens with one attached hydrogen (secondary N) is 2. The normalized spacial score (nSPS) is 13.8. The molecule has 0 saturated carbocycles. The molecule has 2 aromatic heterocycles. The largest absolute Gasteiger partial charge is 0.390 e. The van der Waals surface area contributed by atoms with Crippen LogP contribution in [0.1, 0.15) is 44.1 Å². The maximum absolute atomic E-state index is 12.4. The van der Waals surface area contributed by atoms with Crippen molar-refractivity contribution in [2.24, 2.45) is 0 Å². The first-order chi connectivity index (χ1) is 9.85. The second-order valence-corrected chi connectivity index (χ2v) is 6.91. The minimum Gasteiger partial charge on any atom is -0.390 e. The van der Waals surface area contributed by atoms with E-state index in [1.165, 1.54) is 6.07 Å². The van der Waals surface area contributed by atoms with Crippen LogP contribution in [0.2, 0.25) is 0 Å². The molecule has 0 aliphatic rings. The first-order valence-corrected chi connectivity index (χ1v) is 8.16. The zero-order valence-electron chi connectivity index (χ0n) is 12.2. The monoisotopic (exact) mass is 312 g/mol. The second kappa shape index (κ2) is 6.00. The lowest BCUT2D eigenvalue weighted by Gasteiger charge is -2.12. The lowest BCUT2D eigenvalue weighted by molar-refractivity contribution is 0.268. The number of rotatable bonds is 6. The molecule has 3 N–H and O–H groups in total. The molecule has 21 heavy (non-hydrogen) atoms. The molecule has 0 bridgehead atoms. The van der Waals surface area contributed by atoms with Crippen LogP contribution in [0.3, 0.4) is 0 Å². The lowest BCUT2D eigenvalue weighted by atomic mass is 10.2. The van der Waals surface area contributed by atoms with E-state index in [0.717, 1.165) is 5.56 Å². The van der Waals surface area contributed by atoms with Crippen molar-refractivity contribution in [3.05, 3.63) is 35.9 Å². The highest BCUT2D eigenvalue weighted by molar-refractivity contribution is 7.89. The van der Waals surface area contributed by atoms with Gasteiger partial charge in [0.15, 0.2) is 0 Å². The summed E-state index contributed by atoms with van der Waals surface area (Å²) in [5.41, 5.74) is 1.32. The zero-order chi connectivity index (χ0) is 15.6. The highest BCUT2D eigenvalue weighted by Crippen LogP contribution is 2.21. The fraction of sp³-hybridized carbons (Fsp3) is 0.462. The van der Waals surface area contributed by atoms with Gasteiger partial charge >= 0.3 is 0 Å². The zero-order valence-corrected chi connectivity index (χ0v) is 13.1. The Hall–Kier alpha value is -1.64. The molecule has 0 saturated heterocycles. The number of aliphatic hydroxyl groups excluding tert-OH is 1. The van der Waals surface area contributed by atoms with Crippen LogP contribution in [0.25, 0.3) is 0 Å². The Morgan fingerprint density at radius 3 is 2.62 bits per heavy atom. The smallest absolute Gasteiger partial charge is 0.242 e. The van der Waals surface area contributed by atoms with Gasteiger partial charge in [-0.2, -0.15) is 5.10 Å². The molecular formula is C13H20N4O3S. The van der Waals surface area contributed by atoms with E-state index in [-0.39, 0.29) is 17.5 Å². The Kier molecular flexibility index (Phi) is 4.50. The Bertz CT molecular complexity index is 689. The van der Waals surface area contributed by atoms with E-state index in [1.54, 1.807) is 30.1 Å². The van der Waals surface area contributed by atoms with E-state index in [9.17, 15) is 13.5 Å². The van der Waals surface area contributed by atoms with Crippen molar-refractivity contribution in [1.82, 2.24) is 19.5 Å². The molecule has 0 aromatic carbocycles. The molecule has 2 rings (SSSR count). The van der Waals surface area contributed by atoms with Crippen molar-refractivity contribution in [2.75, 3.05) is 0 Å². The molecule has 116 valence electrons. The molecule has 0 aliphatic carbocycles. The van der Waals surface area contributed by atoms with Gasteiger partial charge in [-0.1, -0.05) is 0 Å². The van der Waals surface area contributed by atoms with Gasteiger partial charge < -0.3 is 9.67 Å². The van der Waals surface area contributed by atoms with Crippen molar-refractivity contribution in [3.63, 3.8) is 0 Å². The summed E-state index contributed by atoms with van der Waals surface area (Å²) in [5, 5.41) is 15.8. The first kappa shape index (κ1) is 15.7.